The average Bonchev–Trinajstić information content (AvgIpc) is 2.60. The van der Waals surface area contributed by atoms with Crippen LogP contribution >= 0.6 is 0 Å². The number of hydrogen-bond donors (Lipinski definition) is 1. The second-order valence-corrected chi connectivity index (χ2v) is 7.15. The lowest BCUT2D eigenvalue weighted by Crippen LogP contribution is -2.38. The summed E-state index contributed by atoms with van der Waals surface area (Å²) >= 11 is 0. The first-order valence-electron chi connectivity index (χ1n) is 8.69. The molecule has 26 heavy (non-hydrogen) atoms. The lowest BCUT2D eigenvalue weighted by molar-refractivity contribution is -0.170. The summed E-state index contributed by atoms with van der Waals surface area (Å²) < 4.78 is 36.4. The van der Waals surface area contributed by atoms with Gasteiger partial charge in [0.15, 0.2) is 6.61 Å². The van der Waals surface area contributed by atoms with Crippen molar-refractivity contribution >= 4 is 11.9 Å². The van der Waals surface area contributed by atoms with Crippen LogP contribution in [-0.2, 0) is 9.53 Å². The minimum Gasteiger partial charge on any atom is -0.488 e. The normalized spacial score (nSPS) is 16.2. The predicted octanol–water partition coefficient (Wildman–Crippen LogP) is 4.30. The molecular weight excluding hydrogens is 346 g/mol. The van der Waals surface area contributed by atoms with Gasteiger partial charge in [0.1, 0.15) is 11.4 Å². The molecule has 0 amide bonds. The zero-order valence-corrected chi connectivity index (χ0v) is 15.0. The van der Waals surface area contributed by atoms with Crippen LogP contribution in [-0.4, -0.2) is 35.2 Å². The smallest absolute Gasteiger partial charge is 0.378 e. The Kier molecular flexibility index (Phi) is 6.21. The molecular formula is C19H24F2O5. The van der Waals surface area contributed by atoms with Crippen molar-refractivity contribution in [2.45, 2.75) is 57.5 Å². The second kappa shape index (κ2) is 8.01. The van der Waals surface area contributed by atoms with E-state index < -0.39 is 24.5 Å². The molecule has 1 fully saturated rings. The first-order chi connectivity index (χ1) is 12.1. The highest BCUT2D eigenvalue weighted by Gasteiger charge is 2.40. The summed E-state index contributed by atoms with van der Waals surface area (Å²) in [7, 11) is 0. The lowest BCUT2D eigenvalue weighted by atomic mass is 9.79. The van der Waals surface area contributed by atoms with Gasteiger partial charge in [0.2, 0.25) is 0 Å². The van der Waals surface area contributed by atoms with Gasteiger partial charge in [0, 0.05) is 0 Å². The number of rotatable bonds is 7. The van der Waals surface area contributed by atoms with Gasteiger partial charge in [-0.2, -0.15) is 8.78 Å². The third-order valence-electron chi connectivity index (χ3n) is 4.76. The molecule has 2 rings (SSSR count). The molecule has 0 radical (unpaired) electrons. The van der Waals surface area contributed by atoms with Gasteiger partial charge in [-0.05, 0) is 56.9 Å². The van der Waals surface area contributed by atoms with Crippen molar-refractivity contribution in [3.05, 3.63) is 29.8 Å². The van der Waals surface area contributed by atoms with E-state index in [2.05, 4.69) is 4.74 Å². The molecule has 1 aromatic rings. The Morgan fingerprint density at radius 1 is 1.12 bits per heavy atom. The topological polar surface area (TPSA) is 72.8 Å². The van der Waals surface area contributed by atoms with Crippen molar-refractivity contribution in [3.63, 3.8) is 0 Å². The number of esters is 1. The van der Waals surface area contributed by atoms with E-state index in [1.54, 1.807) is 12.1 Å². The highest BCUT2D eigenvalue weighted by molar-refractivity contribution is 5.89. The molecule has 1 saturated carbocycles. The Labute approximate surface area is 151 Å². The number of benzene rings is 1. The van der Waals surface area contributed by atoms with Crippen molar-refractivity contribution in [2.24, 2.45) is 5.92 Å². The van der Waals surface area contributed by atoms with Crippen LogP contribution in [0.2, 0.25) is 0 Å². The molecule has 0 aromatic heterocycles. The highest BCUT2D eigenvalue weighted by Crippen LogP contribution is 2.35. The SMILES string of the molecule is CC(C)(Oc1ccc(C(=O)OCC(F)(F)C(=O)O)cc1)C1CCCCC1. The first-order valence-corrected chi connectivity index (χ1v) is 8.69. The van der Waals surface area contributed by atoms with Crippen LogP contribution in [0.25, 0.3) is 0 Å². The summed E-state index contributed by atoms with van der Waals surface area (Å²) in [6, 6.07) is 5.98. The van der Waals surface area contributed by atoms with E-state index in [1.165, 1.54) is 31.4 Å². The minimum absolute atomic E-state index is 0.0500. The van der Waals surface area contributed by atoms with Crippen LogP contribution in [0.4, 0.5) is 8.78 Å². The molecule has 0 aliphatic heterocycles. The fourth-order valence-electron chi connectivity index (χ4n) is 3.15. The van der Waals surface area contributed by atoms with Gasteiger partial charge < -0.3 is 14.6 Å². The average molecular weight is 370 g/mol. The van der Waals surface area contributed by atoms with E-state index in [4.69, 9.17) is 9.84 Å². The van der Waals surface area contributed by atoms with Crippen molar-refractivity contribution < 1.29 is 33.0 Å². The molecule has 1 aromatic carbocycles. The molecule has 7 heteroatoms. The monoisotopic (exact) mass is 370 g/mol. The minimum atomic E-state index is -4.11. The predicted molar refractivity (Wildman–Crippen MR) is 90.6 cm³/mol. The van der Waals surface area contributed by atoms with Crippen LogP contribution in [0, 0.1) is 5.92 Å². The van der Waals surface area contributed by atoms with E-state index in [1.807, 2.05) is 13.8 Å². The summed E-state index contributed by atoms with van der Waals surface area (Å²) in [6.45, 7) is 2.58. The molecule has 0 bridgehead atoms. The number of carboxylic acids is 1. The van der Waals surface area contributed by atoms with Gasteiger partial charge in [-0.1, -0.05) is 19.3 Å². The van der Waals surface area contributed by atoms with Crippen LogP contribution in [0.15, 0.2) is 24.3 Å². The van der Waals surface area contributed by atoms with Crippen LogP contribution < -0.4 is 4.74 Å². The third kappa shape index (κ3) is 5.16. The van der Waals surface area contributed by atoms with Crippen molar-refractivity contribution in [2.75, 3.05) is 6.61 Å². The van der Waals surface area contributed by atoms with Gasteiger partial charge in [0.25, 0.3) is 0 Å². The van der Waals surface area contributed by atoms with E-state index in [0.717, 1.165) is 12.8 Å². The van der Waals surface area contributed by atoms with Gasteiger partial charge in [0.05, 0.1) is 5.56 Å². The second-order valence-electron chi connectivity index (χ2n) is 7.15. The molecule has 1 aliphatic carbocycles. The number of aliphatic carboxylic acids is 1. The number of halogens is 2. The zero-order chi connectivity index (χ0) is 19.4. The summed E-state index contributed by atoms with van der Waals surface area (Å²) in [5.74, 6) is -6.42. The highest BCUT2D eigenvalue weighted by atomic mass is 19.3. The number of alkyl halides is 2. The Morgan fingerprint density at radius 3 is 2.23 bits per heavy atom. The maximum atomic E-state index is 13.0. The Morgan fingerprint density at radius 2 is 1.69 bits per heavy atom. The molecule has 0 spiro atoms. The van der Waals surface area contributed by atoms with E-state index in [9.17, 15) is 18.4 Å². The molecule has 0 atom stereocenters. The zero-order valence-electron chi connectivity index (χ0n) is 15.0. The summed E-state index contributed by atoms with van der Waals surface area (Å²) in [5, 5.41) is 8.32. The summed E-state index contributed by atoms with van der Waals surface area (Å²) in [4.78, 5) is 22.1. The van der Waals surface area contributed by atoms with E-state index >= 15 is 0 Å². The molecule has 0 unspecified atom stereocenters. The summed E-state index contributed by atoms with van der Waals surface area (Å²) in [5.41, 5.74) is -0.291. The third-order valence-corrected chi connectivity index (χ3v) is 4.76. The van der Waals surface area contributed by atoms with Crippen molar-refractivity contribution in [3.8, 4) is 5.75 Å². The van der Waals surface area contributed by atoms with Gasteiger partial charge in [-0.25, -0.2) is 9.59 Å². The fourth-order valence-corrected chi connectivity index (χ4v) is 3.15. The van der Waals surface area contributed by atoms with Crippen LogP contribution in [0.1, 0.15) is 56.3 Å². The van der Waals surface area contributed by atoms with Crippen molar-refractivity contribution in [1.29, 1.82) is 0 Å². The number of carbonyl (C=O) groups excluding carboxylic acids is 1. The van der Waals surface area contributed by atoms with E-state index in [0.29, 0.717) is 11.7 Å². The summed E-state index contributed by atoms with van der Waals surface area (Å²) in [6.07, 6.45) is 5.89. The molecule has 1 N–H and O–H groups in total. The number of hydrogen-bond acceptors (Lipinski definition) is 4. The van der Waals surface area contributed by atoms with Gasteiger partial charge in [-0.3, -0.25) is 0 Å². The number of ether oxygens (including phenoxy) is 2. The molecule has 5 nitrogen and oxygen atoms in total. The van der Waals surface area contributed by atoms with Crippen LogP contribution in [0.3, 0.4) is 0 Å². The molecule has 144 valence electrons. The maximum Gasteiger partial charge on any atom is 0.378 e. The van der Waals surface area contributed by atoms with Crippen LogP contribution in [0.5, 0.6) is 5.75 Å². The maximum absolute atomic E-state index is 13.0. The fraction of sp³-hybridized carbons (Fsp3) is 0.579. The van der Waals surface area contributed by atoms with Crippen molar-refractivity contribution in [1.82, 2.24) is 0 Å². The standard InChI is InChI=1S/C19H24F2O5/c1-18(2,14-6-4-3-5-7-14)26-15-10-8-13(9-11-15)16(22)25-12-19(20,21)17(23)24/h8-11,14H,3-7,12H2,1-2H3,(H,23,24). The van der Waals surface area contributed by atoms with Gasteiger partial charge in [-0.15, -0.1) is 0 Å². The largest absolute Gasteiger partial charge is 0.488 e. The van der Waals surface area contributed by atoms with Gasteiger partial charge >= 0.3 is 17.9 Å². The quantitative estimate of drug-likeness (QED) is 0.725. The Hall–Kier alpha value is -2.18. The molecule has 0 heterocycles. The first kappa shape index (κ1) is 20.1. The lowest BCUT2D eigenvalue weighted by Gasteiger charge is -2.37. The number of carbonyl (C=O) groups is 2. The molecule has 0 saturated heterocycles. The number of carboxylic acid groups (broad SMARTS) is 1. The molecule has 1 aliphatic rings. The Balaban J connectivity index is 1.95. The Bertz CT molecular complexity index is 634. The van der Waals surface area contributed by atoms with E-state index in [-0.39, 0.29) is 11.2 Å².